The molecule has 3 aromatic heterocycles. The Morgan fingerprint density at radius 3 is 2.94 bits per heavy atom. The predicted molar refractivity (Wildman–Crippen MR) is 119 cm³/mol. The average Bonchev–Trinajstić information content (AvgIpc) is 3.54. The number of hydrogen-bond donors (Lipinski definition) is 2. The SMILES string of the molecule is O=C(NCC1CC2(CCC2)CN1C(=O)c1cc(O)c2ccoc2c1)c1cccc2nncn12. The number of furan rings is 1. The third-order valence-electron chi connectivity index (χ3n) is 7.15. The van der Waals surface area contributed by atoms with Gasteiger partial charge >= 0.3 is 0 Å². The lowest BCUT2D eigenvalue weighted by Gasteiger charge is -2.37. The van der Waals surface area contributed by atoms with Gasteiger partial charge in [-0.2, -0.15) is 0 Å². The van der Waals surface area contributed by atoms with Crippen molar-refractivity contribution in [2.75, 3.05) is 13.1 Å². The van der Waals surface area contributed by atoms with Gasteiger partial charge < -0.3 is 19.7 Å². The van der Waals surface area contributed by atoms with Crippen LogP contribution in [0.5, 0.6) is 5.75 Å². The highest BCUT2D eigenvalue weighted by Gasteiger charge is 2.49. The maximum atomic E-state index is 13.5. The summed E-state index contributed by atoms with van der Waals surface area (Å²) in [7, 11) is 0. The molecule has 1 aliphatic heterocycles. The first-order valence-corrected chi connectivity index (χ1v) is 11.1. The number of pyridine rings is 1. The second-order valence-electron chi connectivity index (χ2n) is 9.15. The van der Waals surface area contributed by atoms with E-state index in [4.69, 9.17) is 4.42 Å². The number of aromatic hydroxyl groups is 1. The van der Waals surface area contributed by atoms with E-state index in [9.17, 15) is 14.7 Å². The Balaban J connectivity index is 1.24. The Hall–Kier alpha value is -3.88. The Bertz CT molecular complexity index is 1390. The summed E-state index contributed by atoms with van der Waals surface area (Å²) in [5.41, 5.74) is 2.03. The number of likely N-dealkylation sites (tertiary alicyclic amines) is 1. The van der Waals surface area contributed by atoms with Crippen molar-refractivity contribution in [3.63, 3.8) is 0 Å². The lowest BCUT2D eigenvalue weighted by molar-refractivity contribution is 0.0685. The molecule has 1 saturated heterocycles. The molecule has 2 N–H and O–H groups in total. The molecule has 1 unspecified atom stereocenters. The van der Waals surface area contributed by atoms with Crippen molar-refractivity contribution >= 4 is 28.4 Å². The number of aromatic nitrogens is 3. The number of carbonyl (C=O) groups is 2. The third-order valence-corrected chi connectivity index (χ3v) is 7.15. The van der Waals surface area contributed by atoms with Gasteiger partial charge in [0.05, 0.1) is 11.6 Å². The summed E-state index contributed by atoms with van der Waals surface area (Å²) in [4.78, 5) is 28.3. The summed E-state index contributed by atoms with van der Waals surface area (Å²) in [5.74, 6) is -0.376. The standard InChI is InChI=1S/C24H23N5O4/c30-19-9-15(10-20-17(19)5-8-33-20)23(32)28-13-24(6-2-7-24)11-16(28)12-25-22(31)18-3-1-4-21-27-26-14-29(18)21/h1,3-5,8-10,14,16,30H,2,6-7,11-13H2,(H,25,31). The fourth-order valence-electron chi connectivity index (χ4n) is 5.30. The van der Waals surface area contributed by atoms with Crippen LogP contribution in [0, 0.1) is 5.41 Å². The molecule has 1 atom stereocenters. The van der Waals surface area contributed by atoms with Crippen LogP contribution >= 0.6 is 0 Å². The summed E-state index contributed by atoms with van der Waals surface area (Å²) in [6, 6.07) is 9.99. The molecule has 33 heavy (non-hydrogen) atoms. The van der Waals surface area contributed by atoms with Gasteiger partial charge in [-0.15, -0.1) is 10.2 Å². The number of fused-ring (bicyclic) bond motifs is 2. The largest absolute Gasteiger partial charge is 0.507 e. The first-order valence-electron chi connectivity index (χ1n) is 11.1. The summed E-state index contributed by atoms with van der Waals surface area (Å²) < 4.78 is 7.05. The molecule has 4 aromatic rings. The van der Waals surface area contributed by atoms with Crippen LogP contribution < -0.4 is 5.32 Å². The normalized spacial score (nSPS) is 19.3. The zero-order valence-corrected chi connectivity index (χ0v) is 17.9. The van der Waals surface area contributed by atoms with E-state index in [2.05, 4.69) is 15.5 Å². The van der Waals surface area contributed by atoms with Crippen LogP contribution in [0.25, 0.3) is 16.6 Å². The third kappa shape index (κ3) is 3.23. The van der Waals surface area contributed by atoms with Crippen molar-refractivity contribution in [2.24, 2.45) is 5.41 Å². The number of nitrogens with zero attached hydrogens (tertiary/aromatic N) is 4. The fraction of sp³-hybridized carbons (Fsp3) is 0.333. The van der Waals surface area contributed by atoms with E-state index in [-0.39, 0.29) is 29.0 Å². The number of hydrogen-bond acceptors (Lipinski definition) is 6. The molecule has 2 amide bonds. The molecular formula is C24H23N5O4. The van der Waals surface area contributed by atoms with Gasteiger partial charge in [0.2, 0.25) is 0 Å². The van der Waals surface area contributed by atoms with Crippen LogP contribution in [0.1, 0.15) is 46.5 Å². The molecule has 0 radical (unpaired) electrons. The van der Waals surface area contributed by atoms with E-state index >= 15 is 0 Å². The number of phenols is 1. The van der Waals surface area contributed by atoms with Gasteiger partial charge in [-0.1, -0.05) is 12.5 Å². The molecule has 0 bridgehead atoms. The Morgan fingerprint density at radius 1 is 1.24 bits per heavy atom. The minimum Gasteiger partial charge on any atom is -0.507 e. The van der Waals surface area contributed by atoms with Crippen molar-refractivity contribution < 1.29 is 19.1 Å². The van der Waals surface area contributed by atoms with Crippen LogP contribution in [0.3, 0.4) is 0 Å². The quantitative estimate of drug-likeness (QED) is 0.499. The minimum absolute atomic E-state index is 0.0223. The topological polar surface area (TPSA) is 113 Å². The molecule has 2 fully saturated rings. The van der Waals surface area contributed by atoms with E-state index in [0.717, 1.165) is 25.7 Å². The molecule has 1 saturated carbocycles. The van der Waals surface area contributed by atoms with Crippen LogP contribution in [-0.2, 0) is 0 Å². The summed E-state index contributed by atoms with van der Waals surface area (Å²) >= 11 is 0. The van der Waals surface area contributed by atoms with Crippen molar-refractivity contribution in [3.05, 3.63) is 60.2 Å². The van der Waals surface area contributed by atoms with Gasteiger partial charge in [-0.3, -0.25) is 14.0 Å². The van der Waals surface area contributed by atoms with Crippen molar-refractivity contribution in [1.29, 1.82) is 0 Å². The maximum absolute atomic E-state index is 13.5. The Labute approximate surface area is 189 Å². The van der Waals surface area contributed by atoms with Crippen molar-refractivity contribution in [1.82, 2.24) is 24.8 Å². The van der Waals surface area contributed by atoms with Gasteiger partial charge in [0.1, 0.15) is 23.4 Å². The van der Waals surface area contributed by atoms with Crippen LogP contribution in [0.15, 0.2) is 53.4 Å². The molecule has 6 rings (SSSR count). The van der Waals surface area contributed by atoms with E-state index in [1.807, 2.05) is 4.90 Å². The maximum Gasteiger partial charge on any atom is 0.268 e. The smallest absolute Gasteiger partial charge is 0.268 e. The van der Waals surface area contributed by atoms with Crippen LogP contribution in [-0.4, -0.2) is 55.6 Å². The van der Waals surface area contributed by atoms with Crippen LogP contribution in [0.4, 0.5) is 0 Å². The van der Waals surface area contributed by atoms with Crippen molar-refractivity contribution in [2.45, 2.75) is 31.7 Å². The first kappa shape index (κ1) is 19.8. The number of rotatable bonds is 4. The molecule has 1 spiro atoms. The lowest BCUT2D eigenvalue weighted by atomic mass is 9.67. The molecule has 2 aliphatic rings. The molecule has 4 heterocycles. The van der Waals surface area contributed by atoms with Gasteiger partial charge in [-0.05, 0) is 55.0 Å². The fourth-order valence-corrected chi connectivity index (χ4v) is 5.30. The van der Waals surface area contributed by atoms with E-state index in [1.165, 1.54) is 18.7 Å². The lowest BCUT2D eigenvalue weighted by Crippen LogP contribution is -2.43. The number of nitrogens with one attached hydrogen (secondary N) is 1. The van der Waals surface area contributed by atoms with Gasteiger partial charge in [0.15, 0.2) is 5.65 Å². The molecular weight excluding hydrogens is 422 g/mol. The molecule has 9 nitrogen and oxygen atoms in total. The van der Waals surface area contributed by atoms with Gasteiger partial charge in [0.25, 0.3) is 11.8 Å². The number of carbonyl (C=O) groups excluding carboxylic acids is 2. The minimum atomic E-state index is -0.239. The molecule has 9 heteroatoms. The molecule has 1 aromatic carbocycles. The Kier molecular flexibility index (Phi) is 4.39. The van der Waals surface area contributed by atoms with E-state index in [0.29, 0.717) is 41.0 Å². The average molecular weight is 445 g/mol. The Morgan fingerprint density at radius 2 is 2.12 bits per heavy atom. The summed E-state index contributed by atoms with van der Waals surface area (Å²) in [6.07, 6.45) is 7.19. The summed E-state index contributed by atoms with van der Waals surface area (Å²) in [5, 5.41) is 21.8. The zero-order chi connectivity index (χ0) is 22.6. The zero-order valence-electron chi connectivity index (χ0n) is 17.9. The van der Waals surface area contributed by atoms with E-state index in [1.54, 1.807) is 34.7 Å². The van der Waals surface area contributed by atoms with Gasteiger partial charge in [0, 0.05) is 24.7 Å². The highest BCUT2D eigenvalue weighted by atomic mass is 16.3. The second-order valence-corrected chi connectivity index (χ2v) is 9.15. The number of benzene rings is 1. The second kappa shape index (κ2) is 7.33. The first-order chi connectivity index (χ1) is 16.0. The molecule has 168 valence electrons. The van der Waals surface area contributed by atoms with Crippen LogP contribution in [0.2, 0.25) is 0 Å². The number of amides is 2. The highest BCUT2D eigenvalue weighted by molar-refractivity contribution is 6.00. The monoisotopic (exact) mass is 445 g/mol. The highest BCUT2D eigenvalue weighted by Crippen LogP contribution is 2.50. The van der Waals surface area contributed by atoms with Gasteiger partial charge in [-0.25, -0.2) is 0 Å². The molecule has 1 aliphatic carbocycles. The van der Waals surface area contributed by atoms with Crippen molar-refractivity contribution in [3.8, 4) is 5.75 Å². The van der Waals surface area contributed by atoms with E-state index < -0.39 is 0 Å². The predicted octanol–water partition coefficient (Wildman–Crippen LogP) is 3.00. The summed E-state index contributed by atoms with van der Waals surface area (Å²) in [6.45, 7) is 1.00. The number of phenolic OH excluding ortho intramolecular Hbond substituents is 1.